The highest BCUT2D eigenvalue weighted by atomic mass is 32.1. The molecule has 0 unspecified atom stereocenters. The largest absolute Gasteiger partial charge is 0.174 e. The van der Waals surface area contributed by atoms with Crippen LogP contribution in [0, 0.1) is 0 Å². The minimum atomic E-state index is -1.37. The molecule has 4 heteroatoms. The number of hydrogen-bond acceptors (Lipinski definition) is 2. The van der Waals surface area contributed by atoms with Crippen molar-refractivity contribution in [3.05, 3.63) is 0 Å². The van der Waals surface area contributed by atoms with E-state index in [1.807, 2.05) is 0 Å². The van der Waals surface area contributed by atoms with E-state index in [0.717, 1.165) is 6.42 Å². The Bertz CT molecular complexity index is 235. The van der Waals surface area contributed by atoms with Crippen LogP contribution in [0.3, 0.4) is 0 Å². The van der Waals surface area contributed by atoms with Crippen molar-refractivity contribution in [1.29, 1.82) is 0 Å². The minimum absolute atomic E-state index is 0.0878. The molecule has 0 aromatic heterocycles. The number of thiol groups is 1. The lowest BCUT2D eigenvalue weighted by Gasteiger charge is -2.49. The molecular weight excluding hydrogens is 264 g/mol. The van der Waals surface area contributed by atoms with Gasteiger partial charge in [-0.15, -0.1) is 0 Å². The Morgan fingerprint density at radius 3 is 1.69 bits per heavy atom. The summed E-state index contributed by atoms with van der Waals surface area (Å²) in [5.41, 5.74) is 0. The third-order valence-electron chi connectivity index (χ3n) is 3.33. The Morgan fingerprint density at radius 2 is 1.44 bits per heavy atom. The fourth-order valence-electron chi connectivity index (χ4n) is 2.48. The summed E-state index contributed by atoms with van der Waals surface area (Å²) in [5, 5.41) is 0. The first-order valence-corrected chi connectivity index (χ1v) is 14.1. The van der Waals surface area contributed by atoms with Crippen molar-refractivity contribution in [2.45, 2.75) is 69.5 Å². The van der Waals surface area contributed by atoms with Gasteiger partial charge in [0.25, 0.3) is 0 Å². The summed E-state index contributed by atoms with van der Waals surface area (Å²) >= 11 is 10.9. The van der Waals surface area contributed by atoms with Crippen LogP contribution in [0.15, 0.2) is 0 Å². The highest BCUT2D eigenvalue weighted by molar-refractivity contribution is 7.92. The van der Waals surface area contributed by atoms with Gasteiger partial charge < -0.3 is 0 Å². The van der Waals surface area contributed by atoms with Gasteiger partial charge in [0, 0.05) is 8.86 Å². The van der Waals surface area contributed by atoms with Gasteiger partial charge in [-0.25, -0.2) is 0 Å². The van der Waals surface area contributed by atoms with Gasteiger partial charge in [0.1, 0.15) is 0 Å². The van der Waals surface area contributed by atoms with E-state index in [2.05, 4.69) is 46.2 Å². The summed E-state index contributed by atoms with van der Waals surface area (Å²) in [6, 6.07) is 0. The van der Waals surface area contributed by atoms with Gasteiger partial charge in [0.2, 0.25) is 0 Å². The van der Waals surface area contributed by atoms with Crippen molar-refractivity contribution < 1.29 is 0 Å². The van der Waals surface area contributed by atoms with Gasteiger partial charge >= 0.3 is 0 Å². The predicted molar refractivity (Wildman–Crippen MR) is 90.5 cm³/mol. The van der Waals surface area contributed by atoms with Crippen LogP contribution in [-0.4, -0.2) is 25.0 Å². The van der Waals surface area contributed by atoms with E-state index in [0.29, 0.717) is 0 Å². The van der Waals surface area contributed by atoms with E-state index in [9.17, 15) is 0 Å². The highest BCUT2D eigenvalue weighted by Crippen LogP contribution is 2.39. The summed E-state index contributed by atoms with van der Waals surface area (Å²) in [5.74, 6) is 0. The van der Waals surface area contributed by atoms with Crippen LogP contribution in [0.2, 0.25) is 39.3 Å². The Balaban J connectivity index is 5.19. The van der Waals surface area contributed by atoms with E-state index >= 15 is 0 Å². The smallest absolute Gasteiger partial charge is 0.0649 e. The van der Waals surface area contributed by atoms with Crippen LogP contribution in [0.1, 0.15) is 26.2 Å². The first-order chi connectivity index (χ1) is 6.98. The highest BCUT2D eigenvalue weighted by Gasteiger charge is 2.52. The zero-order valence-corrected chi connectivity index (χ0v) is 15.7. The molecule has 0 aromatic rings. The van der Waals surface area contributed by atoms with Crippen molar-refractivity contribution in [3.8, 4) is 0 Å². The molecule has 0 saturated heterocycles. The molecule has 0 aliphatic carbocycles. The summed E-state index contributed by atoms with van der Waals surface area (Å²) in [4.78, 5) is 1.25. The van der Waals surface area contributed by atoms with E-state index in [1.54, 1.807) is 0 Å². The van der Waals surface area contributed by atoms with Crippen LogP contribution in [0.5, 0.6) is 0 Å². The second-order valence-electron chi connectivity index (χ2n) is 6.74. The average molecular weight is 293 g/mol. The molecule has 0 nitrogen and oxygen atoms in total. The molecule has 0 N–H and O–H groups in total. The summed E-state index contributed by atoms with van der Waals surface area (Å²) in [7, 11) is -2.75. The van der Waals surface area contributed by atoms with Gasteiger partial charge in [-0.05, 0) is 12.8 Å². The fraction of sp³-hybridized carbons (Fsp3) is 0.917. The molecule has 0 saturated carbocycles. The van der Waals surface area contributed by atoms with E-state index in [1.165, 1.54) is 17.7 Å². The maximum Gasteiger partial charge on any atom is 0.0649 e. The molecule has 0 aliphatic rings. The van der Waals surface area contributed by atoms with Crippen molar-refractivity contribution in [2.24, 2.45) is 0 Å². The molecule has 0 spiro atoms. The van der Waals surface area contributed by atoms with Gasteiger partial charge in [-0.3, -0.25) is 0 Å². The second kappa shape index (κ2) is 5.68. The maximum atomic E-state index is 5.74. The monoisotopic (exact) mass is 292 g/mol. The molecule has 0 atom stereocenters. The van der Waals surface area contributed by atoms with Crippen molar-refractivity contribution in [2.75, 3.05) is 0 Å². The summed E-state index contributed by atoms with van der Waals surface area (Å²) < 4.78 is 0.0878. The Hall–Kier alpha value is 0.874. The van der Waals surface area contributed by atoms with Crippen molar-refractivity contribution in [1.82, 2.24) is 0 Å². The Labute approximate surface area is 115 Å². The molecule has 0 bridgehead atoms. The quantitative estimate of drug-likeness (QED) is 0.410. The normalized spacial score (nSPS) is 14.0. The molecule has 16 heavy (non-hydrogen) atoms. The van der Waals surface area contributed by atoms with Gasteiger partial charge in [0.05, 0.1) is 16.1 Å². The second-order valence-corrected chi connectivity index (χ2v) is 19.7. The molecule has 0 radical (unpaired) electrons. The van der Waals surface area contributed by atoms with Gasteiger partial charge in [0.15, 0.2) is 0 Å². The Morgan fingerprint density at radius 1 is 1.06 bits per heavy atom. The zero-order valence-electron chi connectivity index (χ0n) is 12.0. The standard InChI is InChI=1S/C12H28S2Si2/c1-8-9-10-11(13)12(14,15(2,3)4)16(5,6)7/h14H,8-10H2,1-7H3. The van der Waals surface area contributed by atoms with Crippen LogP contribution in [0.25, 0.3) is 0 Å². The third-order valence-corrected chi connectivity index (χ3v) is 18.1. The Kier molecular flexibility index (Phi) is 5.99. The number of unbranched alkanes of at least 4 members (excludes halogenated alkanes) is 1. The van der Waals surface area contributed by atoms with Crippen LogP contribution < -0.4 is 0 Å². The lowest BCUT2D eigenvalue weighted by Crippen LogP contribution is -2.66. The first kappa shape index (κ1) is 16.9. The van der Waals surface area contributed by atoms with Crippen LogP contribution in [0.4, 0.5) is 0 Å². The topological polar surface area (TPSA) is 0 Å². The predicted octanol–water partition coefficient (Wildman–Crippen LogP) is 4.97. The molecule has 0 fully saturated rings. The zero-order chi connectivity index (χ0) is 13.2. The third kappa shape index (κ3) is 3.43. The lowest BCUT2D eigenvalue weighted by molar-refractivity contribution is 0.834. The van der Waals surface area contributed by atoms with Crippen molar-refractivity contribution >= 4 is 45.9 Å². The molecule has 0 aliphatic heterocycles. The van der Waals surface area contributed by atoms with E-state index in [-0.39, 0.29) is 3.99 Å². The van der Waals surface area contributed by atoms with E-state index in [4.69, 9.17) is 24.8 Å². The van der Waals surface area contributed by atoms with Crippen molar-refractivity contribution in [3.63, 3.8) is 0 Å². The molecule has 96 valence electrons. The molecule has 0 heterocycles. The van der Waals surface area contributed by atoms with Crippen LogP contribution >= 0.6 is 24.8 Å². The van der Waals surface area contributed by atoms with Crippen LogP contribution in [-0.2, 0) is 0 Å². The maximum absolute atomic E-state index is 5.74. The fourth-order valence-corrected chi connectivity index (χ4v) is 15.5. The van der Waals surface area contributed by atoms with Gasteiger partial charge in [-0.2, -0.15) is 12.6 Å². The van der Waals surface area contributed by atoms with Gasteiger partial charge in [-0.1, -0.05) is 64.8 Å². The molecule has 0 amide bonds. The van der Waals surface area contributed by atoms with E-state index < -0.39 is 16.1 Å². The summed E-state index contributed by atoms with van der Waals surface area (Å²) in [6.07, 6.45) is 3.53. The summed E-state index contributed by atoms with van der Waals surface area (Å²) in [6.45, 7) is 16.7. The number of hydrogen-bond donors (Lipinski definition) is 1. The molecular formula is C12H28S2Si2. The minimum Gasteiger partial charge on any atom is -0.174 e. The lowest BCUT2D eigenvalue weighted by atomic mass is 10.2. The number of thiocarbonyl (C=S) groups is 1. The molecule has 0 rings (SSSR count). The average Bonchev–Trinajstić information content (AvgIpc) is 2.08. The molecule has 0 aromatic carbocycles. The number of rotatable bonds is 6. The first-order valence-electron chi connectivity index (χ1n) is 6.24. The SMILES string of the molecule is CCCCC(=S)C(S)([Si](C)(C)C)[Si](C)(C)C.